The molecule has 0 aliphatic rings. The van der Waals surface area contributed by atoms with Gasteiger partial charge in [0.25, 0.3) is 0 Å². The van der Waals surface area contributed by atoms with E-state index < -0.39 is 5.60 Å². The van der Waals surface area contributed by atoms with Gasteiger partial charge in [0, 0.05) is 6.54 Å². The molecule has 9 heavy (non-hydrogen) atoms. The predicted octanol–water partition coefficient (Wildman–Crippen LogP) is 0.918. The average Bonchev–Trinajstić information content (AvgIpc) is 1.67. The van der Waals surface area contributed by atoms with Crippen LogP contribution in [0, 0.1) is 0 Å². The highest BCUT2D eigenvalue weighted by atomic mass is 35.5. The van der Waals surface area contributed by atoms with Crippen LogP contribution in [0.2, 0.25) is 0 Å². The summed E-state index contributed by atoms with van der Waals surface area (Å²) in [5.41, 5.74) is 4.61. The first-order valence-electron chi connectivity index (χ1n) is 3.05. The predicted molar refractivity (Wildman–Crippen MR) is 41.8 cm³/mol. The zero-order valence-electron chi connectivity index (χ0n) is 6.05. The van der Waals surface area contributed by atoms with Gasteiger partial charge in [0.2, 0.25) is 0 Å². The second-order valence-corrected chi connectivity index (χ2v) is 2.45. The molecule has 2 nitrogen and oxygen atoms in total. The molecular weight excluding hydrogens is 138 g/mol. The van der Waals surface area contributed by atoms with Crippen molar-refractivity contribution in [2.45, 2.75) is 32.3 Å². The Bertz CT molecular complexity index is 66.1. The SMILES string of the molecule is CCCC(C)(O)CN.Cl. The Labute approximate surface area is 62.9 Å². The van der Waals surface area contributed by atoms with Crippen LogP contribution in [-0.2, 0) is 0 Å². The molecule has 58 valence electrons. The van der Waals surface area contributed by atoms with Crippen molar-refractivity contribution < 1.29 is 5.11 Å². The Morgan fingerprint density at radius 2 is 2.00 bits per heavy atom. The molecule has 3 N–H and O–H groups in total. The van der Waals surface area contributed by atoms with Gasteiger partial charge in [-0.05, 0) is 13.3 Å². The van der Waals surface area contributed by atoms with Crippen LogP contribution in [0.4, 0.5) is 0 Å². The van der Waals surface area contributed by atoms with Crippen LogP contribution in [-0.4, -0.2) is 17.3 Å². The first kappa shape index (κ1) is 11.9. The smallest absolute Gasteiger partial charge is 0.0741 e. The van der Waals surface area contributed by atoms with Crippen LogP contribution in [0.25, 0.3) is 0 Å². The summed E-state index contributed by atoms with van der Waals surface area (Å²) in [6, 6.07) is 0. The Kier molecular flexibility index (Phi) is 6.68. The minimum absolute atomic E-state index is 0. The van der Waals surface area contributed by atoms with Gasteiger partial charge < -0.3 is 10.8 Å². The molecule has 0 bridgehead atoms. The molecule has 0 aliphatic heterocycles. The maximum Gasteiger partial charge on any atom is 0.0741 e. The second-order valence-electron chi connectivity index (χ2n) is 2.45. The van der Waals surface area contributed by atoms with Crippen molar-refractivity contribution in [2.24, 2.45) is 5.73 Å². The normalized spacial score (nSPS) is 16.0. The van der Waals surface area contributed by atoms with Gasteiger partial charge in [-0.3, -0.25) is 0 Å². The first-order chi connectivity index (χ1) is 3.62. The van der Waals surface area contributed by atoms with Gasteiger partial charge in [0.05, 0.1) is 5.60 Å². The summed E-state index contributed by atoms with van der Waals surface area (Å²) in [6.07, 6.45) is 1.79. The van der Waals surface area contributed by atoms with E-state index >= 15 is 0 Å². The minimum Gasteiger partial charge on any atom is -0.389 e. The van der Waals surface area contributed by atoms with Gasteiger partial charge in [-0.2, -0.15) is 0 Å². The summed E-state index contributed by atoms with van der Waals surface area (Å²) in [6.45, 7) is 4.15. The molecule has 1 atom stereocenters. The van der Waals surface area contributed by atoms with Crippen LogP contribution >= 0.6 is 12.4 Å². The maximum absolute atomic E-state index is 9.20. The third-order valence-corrected chi connectivity index (χ3v) is 1.23. The molecule has 1 unspecified atom stereocenters. The van der Waals surface area contributed by atoms with Gasteiger partial charge in [-0.15, -0.1) is 12.4 Å². The lowest BCUT2D eigenvalue weighted by Crippen LogP contribution is -2.33. The molecule has 0 aliphatic carbocycles. The summed E-state index contributed by atoms with van der Waals surface area (Å²) in [4.78, 5) is 0. The van der Waals surface area contributed by atoms with E-state index in [1.165, 1.54) is 0 Å². The molecule has 0 saturated carbocycles. The van der Waals surface area contributed by atoms with E-state index in [4.69, 9.17) is 5.73 Å². The highest BCUT2D eigenvalue weighted by Gasteiger charge is 2.14. The second kappa shape index (κ2) is 5.03. The molecule has 0 fully saturated rings. The summed E-state index contributed by atoms with van der Waals surface area (Å²) in [5, 5.41) is 9.20. The molecule has 0 aromatic carbocycles. The highest BCUT2D eigenvalue weighted by molar-refractivity contribution is 5.85. The number of nitrogens with two attached hydrogens (primary N) is 1. The summed E-state index contributed by atoms with van der Waals surface area (Å²) >= 11 is 0. The quantitative estimate of drug-likeness (QED) is 0.634. The molecule has 0 heterocycles. The monoisotopic (exact) mass is 153 g/mol. The molecule has 0 aromatic rings. The lowest BCUT2D eigenvalue weighted by atomic mass is 10.0. The molecule has 0 aromatic heterocycles. The van der Waals surface area contributed by atoms with E-state index in [1.807, 2.05) is 6.92 Å². The lowest BCUT2D eigenvalue weighted by Gasteiger charge is -2.19. The van der Waals surface area contributed by atoms with Gasteiger partial charge in [0.1, 0.15) is 0 Å². The van der Waals surface area contributed by atoms with Crippen molar-refractivity contribution in [3.05, 3.63) is 0 Å². The molecule has 0 rings (SSSR count). The highest BCUT2D eigenvalue weighted by Crippen LogP contribution is 2.07. The summed E-state index contributed by atoms with van der Waals surface area (Å²) in [5.74, 6) is 0. The van der Waals surface area contributed by atoms with Crippen molar-refractivity contribution in [1.82, 2.24) is 0 Å². The topological polar surface area (TPSA) is 46.2 Å². The fourth-order valence-corrected chi connectivity index (χ4v) is 0.641. The van der Waals surface area contributed by atoms with E-state index in [0.717, 1.165) is 12.8 Å². The summed E-state index contributed by atoms with van der Waals surface area (Å²) < 4.78 is 0. The van der Waals surface area contributed by atoms with Crippen LogP contribution < -0.4 is 5.73 Å². The van der Waals surface area contributed by atoms with E-state index in [0.29, 0.717) is 6.54 Å². The Morgan fingerprint density at radius 1 is 1.56 bits per heavy atom. The largest absolute Gasteiger partial charge is 0.389 e. The number of hydrogen-bond donors (Lipinski definition) is 2. The van der Waals surface area contributed by atoms with Crippen molar-refractivity contribution in [1.29, 1.82) is 0 Å². The van der Waals surface area contributed by atoms with Gasteiger partial charge in [0.15, 0.2) is 0 Å². The lowest BCUT2D eigenvalue weighted by molar-refractivity contribution is 0.0593. The fourth-order valence-electron chi connectivity index (χ4n) is 0.641. The number of aliphatic hydroxyl groups is 1. The zero-order chi connectivity index (χ0) is 6.62. The van der Waals surface area contributed by atoms with E-state index in [-0.39, 0.29) is 12.4 Å². The van der Waals surface area contributed by atoms with E-state index in [9.17, 15) is 5.11 Å². The molecule has 0 spiro atoms. The Hall–Kier alpha value is 0.210. The van der Waals surface area contributed by atoms with Gasteiger partial charge in [-0.1, -0.05) is 13.3 Å². The van der Waals surface area contributed by atoms with E-state index in [1.54, 1.807) is 6.92 Å². The summed E-state index contributed by atoms with van der Waals surface area (Å²) in [7, 11) is 0. The molecule has 0 radical (unpaired) electrons. The standard InChI is InChI=1S/C6H15NO.ClH/c1-3-4-6(2,8)5-7;/h8H,3-5,7H2,1-2H3;1H. The molecule has 0 amide bonds. The maximum atomic E-state index is 9.20. The van der Waals surface area contributed by atoms with Crippen LogP contribution in [0.5, 0.6) is 0 Å². The van der Waals surface area contributed by atoms with Crippen molar-refractivity contribution in [2.75, 3.05) is 6.54 Å². The van der Waals surface area contributed by atoms with Gasteiger partial charge >= 0.3 is 0 Å². The number of rotatable bonds is 3. The van der Waals surface area contributed by atoms with E-state index in [2.05, 4.69) is 0 Å². The first-order valence-corrected chi connectivity index (χ1v) is 3.05. The average molecular weight is 154 g/mol. The van der Waals surface area contributed by atoms with Crippen LogP contribution in [0.15, 0.2) is 0 Å². The van der Waals surface area contributed by atoms with Crippen molar-refractivity contribution in [3.8, 4) is 0 Å². The zero-order valence-corrected chi connectivity index (χ0v) is 6.87. The third kappa shape index (κ3) is 6.09. The Balaban J connectivity index is 0. The Morgan fingerprint density at radius 3 is 2.11 bits per heavy atom. The van der Waals surface area contributed by atoms with Crippen LogP contribution in [0.3, 0.4) is 0 Å². The van der Waals surface area contributed by atoms with Crippen LogP contribution in [0.1, 0.15) is 26.7 Å². The van der Waals surface area contributed by atoms with Gasteiger partial charge in [-0.25, -0.2) is 0 Å². The number of hydrogen-bond acceptors (Lipinski definition) is 2. The third-order valence-electron chi connectivity index (χ3n) is 1.23. The minimum atomic E-state index is -0.630. The van der Waals surface area contributed by atoms with Crippen molar-refractivity contribution >= 4 is 12.4 Å². The number of halogens is 1. The molecular formula is C6H16ClNO. The van der Waals surface area contributed by atoms with Crippen molar-refractivity contribution in [3.63, 3.8) is 0 Å². The fraction of sp³-hybridized carbons (Fsp3) is 1.00. The molecule has 3 heteroatoms. The molecule has 0 saturated heterocycles.